The number of rotatable bonds is 2. The van der Waals surface area contributed by atoms with Crippen molar-refractivity contribution in [3.8, 4) is 0 Å². The molecule has 0 saturated carbocycles. The summed E-state index contributed by atoms with van der Waals surface area (Å²) in [5, 5.41) is 0.530. The van der Waals surface area contributed by atoms with Gasteiger partial charge in [0.05, 0.1) is 0 Å². The highest BCUT2D eigenvalue weighted by molar-refractivity contribution is 6.30. The SMILES string of the molecule is Cc1cnc(N2CCC[C@@H]2CN)nc1Cl. The quantitative estimate of drug-likeness (QED) is 0.774. The van der Waals surface area contributed by atoms with E-state index in [1.54, 1.807) is 6.20 Å². The standard InChI is InChI=1S/C10H15ClN4/c1-7-6-13-10(14-9(7)11)15-4-2-3-8(15)5-12/h6,8H,2-5,12H2,1H3/t8-/m1/s1. The zero-order chi connectivity index (χ0) is 10.8. The monoisotopic (exact) mass is 226 g/mol. The highest BCUT2D eigenvalue weighted by Gasteiger charge is 2.25. The molecule has 5 heteroatoms. The van der Waals surface area contributed by atoms with Gasteiger partial charge in [0, 0.05) is 30.9 Å². The smallest absolute Gasteiger partial charge is 0.227 e. The molecule has 1 aromatic rings. The van der Waals surface area contributed by atoms with Gasteiger partial charge >= 0.3 is 0 Å². The number of hydrogen-bond acceptors (Lipinski definition) is 4. The van der Waals surface area contributed by atoms with Gasteiger partial charge in [-0.15, -0.1) is 0 Å². The van der Waals surface area contributed by atoms with E-state index in [9.17, 15) is 0 Å². The fraction of sp³-hybridized carbons (Fsp3) is 0.600. The molecule has 1 fully saturated rings. The maximum absolute atomic E-state index is 5.97. The number of aryl methyl sites for hydroxylation is 1. The third-order valence-corrected chi connectivity index (χ3v) is 3.19. The second-order valence-electron chi connectivity index (χ2n) is 3.87. The lowest BCUT2D eigenvalue weighted by Crippen LogP contribution is -2.36. The van der Waals surface area contributed by atoms with Crippen LogP contribution in [0.4, 0.5) is 5.95 Å². The van der Waals surface area contributed by atoms with Crippen molar-refractivity contribution in [3.63, 3.8) is 0 Å². The van der Waals surface area contributed by atoms with Crippen LogP contribution in [0.15, 0.2) is 6.20 Å². The molecule has 1 aliphatic heterocycles. The summed E-state index contributed by atoms with van der Waals surface area (Å²) in [5.41, 5.74) is 6.61. The van der Waals surface area contributed by atoms with Gasteiger partial charge in [0.15, 0.2) is 0 Å². The number of aromatic nitrogens is 2. The summed E-state index contributed by atoms with van der Waals surface area (Å²) in [6.45, 7) is 3.52. The van der Waals surface area contributed by atoms with E-state index in [1.807, 2.05) is 6.92 Å². The first-order valence-corrected chi connectivity index (χ1v) is 5.56. The van der Waals surface area contributed by atoms with E-state index in [-0.39, 0.29) is 0 Å². The van der Waals surface area contributed by atoms with E-state index < -0.39 is 0 Å². The summed E-state index contributed by atoms with van der Waals surface area (Å²) in [6.07, 6.45) is 4.03. The highest BCUT2D eigenvalue weighted by atomic mass is 35.5. The van der Waals surface area contributed by atoms with Gasteiger partial charge in [-0.25, -0.2) is 9.97 Å². The molecule has 0 spiro atoms. The van der Waals surface area contributed by atoms with Crippen molar-refractivity contribution >= 4 is 17.5 Å². The molecule has 2 N–H and O–H groups in total. The Morgan fingerprint density at radius 2 is 2.47 bits per heavy atom. The van der Waals surface area contributed by atoms with Crippen LogP contribution in [0.1, 0.15) is 18.4 Å². The van der Waals surface area contributed by atoms with Crippen LogP contribution in [0.3, 0.4) is 0 Å². The summed E-state index contributed by atoms with van der Waals surface area (Å²) in [6, 6.07) is 0.365. The minimum atomic E-state index is 0.365. The van der Waals surface area contributed by atoms with Crippen molar-refractivity contribution < 1.29 is 0 Å². The Balaban J connectivity index is 2.25. The number of nitrogens with two attached hydrogens (primary N) is 1. The van der Waals surface area contributed by atoms with E-state index >= 15 is 0 Å². The molecule has 4 nitrogen and oxygen atoms in total. The first kappa shape index (κ1) is 10.6. The normalized spacial score (nSPS) is 21.0. The average molecular weight is 227 g/mol. The summed E-state index contributed by atoms with van der Waals surface area (Å²) in [4.78, 5) is 10.7. The Bertz CT molecular complexity index is 355. The molecule has 1 aliphatic rings. The summed E-state index contributed by atoms with van der Waals surface area (Å²) >= 11 is 5.97. The Morgan fingerprint density at radius 3 is 3.13 bits per heavy atom. The first-order chi connectivity index (χ1) is 7.22. The molecule has 1 atom stereocenters. The first-order valence-electron chi connectivity index (χ1n) is 5.18. The molecular formula is C10H15ClN4. The summed E-state index contributed by atoms with van der Waals surface area (Å²) in [5.74, 6) is 0.707. The predicted molar refractivity (Wildman–Crippen MR) is 61.2 cm³/mol. The number of hydrogen-bond donors (Lipinski definition) is 1. The average Bonchev–Trinajstić information content (AvgIpc) is 2.70. The van der Waals surface area contributed by atoms with Crippen LogP contribution in [0, 0.1) is 6.92 Å². The van der Waals surface area contributed by atoms with Crippen LogP contribution < -0.4 is 10.6 Å². The molecule has 0 aliphatic carbocycles. The van der Waals surface area contributed by atoms with Gasteiger partial charge in [0.2, 0.25) is 5.95 Å². The van der Waals surface area contributed by atoms with E-state index in [2.05, 4.69) is 14.9 Å². The molecule has 0 radical (unpaired) electrons. The van der Waals surface area contributed by atoms with E-state index in [1.165, 1.54) is 0 Å². The van der Waals surface area contributed by atoms with Crippen molar-refractivity contribution in [1.29, 1.82) is 0 Å². The fourth-order valence-corrected chi connectivity index (χ4v) is 2.02. The Kier molecular flexibility index (Phi) is 3.07. The molecule has 82 valence electrons. The molecule has 1 aromatic heterocycles. The molecule has 2 heterocycles. The van der Waals surface area contributed by atoms with Crippen LogP contribution in [0.5, 0.6) is 0 Å². The van der Waals surface area contributed by atoms with Crippen molar-refractivity contribution in [1.82, 2.24) is 9.97 Å². The third-order valence-electron chi connectivity index (χ3n) is 2.80. The number of anilines is 1. The maximum Gasteiger partial charge on any atom is 0.227 e. The van der Waals surface area contributed by atoms with Crippen LogP contribution in [-0.4, -0.2) is 29.1 Å². The third kappa shape index (κ3) is 2.06. The number of halogens is 1. The van der Waals surface area contributed by atoms with Crippen molar-refractivity contribution in [2.45, 2.75) is 25.8 Å². The number of nitrogens with zero attached hydrogens (tertiary/aromatic N) is 3. The minimum absolute atomic E-state index is 0.365. The van der Waals surface area contributed by atoms with Crippen LogP contribution in [0.2, 0.25) is 5.15 Å². The zero-order valence-corrected chi connectivity index (χ0v) is 9.54. The van der Waals surface area contributed by atoms with Crippen LogP contribution in [-0.2, 0) is 0 Å². The Hall–Kier alpha value is -0.870. The van der Waals surface area contributed by atoms with Gasteiger partial charge in [-0.2, -0.15) is 0 Å². The van der Waals surface area contributed by atoms with Gasteiger partial charge in [-0.05, 0) is 19.8 Å². The molecule has 0 unspecified atom stereocenters. The van der Waals surface area contributed by atoms with Gasteiger partial charge < -0.3 is 10.6 Å². The van der Waals surface area contributed by atoms with Gasteiger partial charge in [0.25, 0.3) is 0 Å². The Morgan fingerprint density at radius 1 is 1.67 bits per heavy atom. The van der Waals surface area contributed by atoms with E-state index in [0.29, 0.717) is 23.7 Å². The van der Waals surface area contributed by atoms with Crippen molar-refractivity contribution in [3.05, 3.63) is 16.9 Å². The molecule has 0 bridgehead atoms. The van der Waals surface area contributed by atoms with Gasteiger partial charge in [-0.3, -0.25) is 0 Å². The Labute approximate surface area is 94.5 Å². The second kappa shape index (κ2) is 4.33. The molecule has 0 amide bonds. The van der Waals surface area contributed by atoms with Crippen molar-refractivity contribution in [2.24, 2.45) is 5.73 Å². The van der Waals surface area contributed by atoms with Crippen LogP contribution in [0.25, 0.3) is 0 Å². The summed E-state index contributed by atoms with van der Waals surface area (Å²) < 4.78 is 0. The molecule has 15 heavy (non-hydrogen) atoms. The maximum atomic E-state index is 5.97. The minimum Gasteiger partial charge on any atom is -0.337 e. The van der Waals surface area contributed by atoms with Crippen molar-refractivity contribution in [2.75, 3.05) is 18.0 Å². The van der Waals surface area contributed by atoms with E-state index in [4.69, 9.17) is 17.3 Å². The lowest BCUT2D eigenvalue weighted by molar-refractivity contribution is 0.664. The van der Waals surface area contributed by atoms with Gasteiger partial charge in [0.1, 0.15) is 5.15 Å². The fourth-order valence-electron chi connectivity index (χ4n) is 1.90. The zero-order valence-electron chi connectivity index (χ0n) is 8.78. The van der Waals surface area contributed by atoms with Crippen LogP contribution >= 0.6 is 11.6 Å². The second-order valence-corrected chi connectivity index (χ2v) is 4.23. The lowest BCUT2D eigenvalue weighted by atomic mass is 10.2. The molecule has 0 aromatic carbocycles. The van der Waals surface area contributed by atoms with E-state index in [0.717, 1.165) is 24.9 Å². The topological polar surface area (TPSA) is 55.0 Å². The largest absolute Gasteiger partial charge is 0.337 e. The molecule has 2 rings (SSSR count). The summed E-state index contributed by atoms with van der Waals surface area (Å²) in [7, 11) is 0. The lowest BCUT2D eigenvalue weighted by Gasteiger charge is -2.23. The predicted octanol–water partition coefficient (Wildman–Crippen LogP) is 1.37. The highest BCUT2D eigenvalue weighted by Crippen LogP contribution is 2.23. The molecule has 1 saturated heterocycles. The molecular weight excluding hydrogens is 212 g/mol. The van der Waals surface area contributed by atoms with Gasteiger partial charge in [-0.1, -0.05) is 11.6 Å².